The van der Waals surface area contributed by atoms with E-state index in [9.17, 15) is 14.7 Å². The highest BCUT2D eigenvalue weighted by Gasteiger charge is 2.41. The number of carbonyl (C=O) groups excluding carboxylic acids is 2. The minimum absolute atomic E-state index is 0.0536. The van der Waals surface area contributed by atoms with Gasteiger partial charge in [0.2, 0.25) is 5.91 Å². The molecule has 0 bridgehead atoms. The molecule has 5 nitrogen and oxygen atoms in total. The summed E-state index contributed by atoms with van der Waals surface area (Å²) >= 11 is 0. The number of aliphatic hydroxyl groups excluding tert-OH is 1. The van der Waals surface area contributed by atoms with Gasteiger partial charge in [-0.1, -0.05) is 19.8 Å². The zero-order chi connectivity index (χ0) is 14.4. The van der Waals surface area contributed by atoms with Gasteiger partial charge in [-0.25, -0.2) is 0 Å². The maximum absolute atomic E-state index is 11.5. The summed E-state index contributed by atoms with van der Waals surface area (Å²) < 4.78 is 4.74. The second kappa shape index (κ2) is 7.48. The van der Waals surface area contributed by atoms with Gasteiger partial charge in [0.1, 0.15) is 0 Å². The van der Waals surface area contributed by atoms with Crippen LogP contribution in [0.15, 0.2) is 0 Å². The van der Waals surface area contributed by atoms with E-state index in [1.54, 1.807) is 0 Å². The molecule has 1 saturated carbocycles. The van der Waals surface area contributed by atoms with Crippen molar-refractivity contribution < 1.29 is 19.4 Å². The fourth-order valence-electron chi connectivity index (χ4n) is 2.92. The van der Waals surface area contributed by atoms with Crippen molar-refractivity contribution in [3.05, 3.63) is 0 Å². The first-order valence-corrected chi connectivity index (χ1v) is 7.02. The van der Waals surface area contributed by atoms with Crippen molar-refractivity contribution in [1.82, 2.24) is 5.32 Å². The van der Waals surface area contributed by atoms with Gasteiger partial charge < -0.3 is 15.2 Å². The molecular weight excluding hydrogens is 246 g/mol. The van der Waals surface area contributed by atoms with Crippen molar-refractivity contribution in [2.24, 2.45) is 11.8 Å². The van der Waals surface area contributed by atoms with Gasteiger partial charge in [0, 0.05) is 18.9 Å². The number of unbranched alkanes of at least 4 members (excludes halogenated alkanes) is 1. The quantitative estimate of drug-likeness (QED) is 0.713. The van der Waals surface area contributed by atoms with Crippen LogP contribution in [0.25, 0.3) is 0 Å². The van der Waals surface area contributed by atoms with Gasteiger partial charge in [-0.3, -0.25) is 9.59 Å². The molecule has 0 aromatic rings. The Kier molecular flexibility index (Phi) is 6.28. The SMILES string of the molecule is CCCCC(NC(C)=O)[C@@H]1C[C@@H](C(=O)OC)C[C@@H]1O. The third-order valence-corrected chi connectivity index (χ3v) is 3.89. The molecule has 1 fully saturated rings. The number of carbonyl (C=O) groups is 2. The molecule has 0 aromatic carbocycles. The number of ether oxygens (including phenoxy) is 1. The summed E-state index contributed by atoms with van der Waals surface area (Å²) in [5.41, 5.74) is 0. The van der Waals surface area contributed by atoms with Crippen molar-refractivity contribution in [3.8, 4) is 0 Å². The number of hydrogen-bond acceptors (Lipinski definition) is 4. The second-order valence-corrected chi connectivity index (χ2v) is 5.37. The molecule has 0 radical (unpaired) electrons. The fourth-order valence-corrected chi connectivity index (χ4v) is 2.92. The lowest BCUT2D eigenvalue weighted by Crippen LogP contribution is -2.42. The zero-order valence-electron chi connectivity index (χ0n) is 12.0. The first-order valence-electron chi connectivity index (χ1n) is 7.02. The Morgan fingerprint density at radius 2 is 2.11 bits per heavy atom. The molecule has 0 aliphatic heterocycles. The molecule has 4 atom stereocenters. The Labute approximate surface area is 114 Å². The topological polar surface area (TPSA) is 75.6 Å². The number of aliphatic hydroxyl groups is 1. The molecule has 19 heavy (non-hydrogen) atoms. The van der Waals surface area contributed by atoms with Crippen molar-refractivity contribution in [2.45, 2.75) is 58.1 Å². The maximum Gasteiger partial charge on any atom is 0.308 e. The van der Waals surface area contributed by atoms with Crippen LogP contribution in [0.4, 0.5) is 0 Å². The highest BCUT2D eigenvalue weighted by molar-refractivity contribution is 5.74. The Hall–Kier alpha value is -1.10. The molecule has 1 aliphatic carbocycles. The van der Waals surface area contributed by atoms with E-state index >= 15 is 0 Å². The van der Waals surface area contributed by atoms with Crippen LogP contribution in [0.2, 0.25) is 0 Å². The average Bonchev–Trinajstić information content (AvgIpc) is 2.75. The average molecular weight is 271 g/mol. The van der Waals surface area contributed by atoms with Crippen LogP contribution in [0.1, 0.15) is 46.0 Å². The van der Waals surface area contributed by atoms with E-state index in [1.165, 1.54) is 14.0 Å². The minimum Gasteiger partial charge on any atom is -0.469 e. The lowest BCUT2D eigenvalue weighted by Gasteiger charge is -2.26. The van der Waals surface area contributed by atoms with Crippen molar-refractivity contribution in [2.75, 3.05) is 7.11 Å². The van der Waals surface area contributed by atoms with Crippen LogP contribution in [0.3, 0.4) is 0 Å². The van der Waals surface area contributed by atoms with Crippen molar-refractivity contribution in [1.29, 1.82) is 0 Å². The van der Waals surface area contributed by atoms with Gasteiger partial charge in [-0.15, -0.1) is 0 Å². The van der Waals surface area contributed by atoms with E-state index in [0.717, 1.165) is 19.3 Å². The first kappa shape index (κ1) is 16.0. The van der Waals surface area contributed by atoms with E-state index in [1.807, 2.05) is 0 Å². The van der Waals surface area contributed by atoms with Crippen molar-refractivity contribution in [3.63, 3.8) is 0 Å². The van der Waals surface area contributed by atoms with E-state index in [-0.39, 0.29) is 29.8 Å². The number of rotatable bonds is 6. The van der Waals surface area contributed by atoms with E-state index in [4.69, 9.17) is 4.74 Å². The second-order valence-electron chi connectivity index (χ2n) is 5.37. The standard InChI is InChI=1S/C14H25NO4/c1-4-5-6-12(15-9(2)16)11-7-10(8-13(11)17)14(18)19-3/h10-13,17H,4-8H2,1-3H3,(H,15,16)/t10-,11+,12?,13+/m1/s1. The molecule has 2 N–H and O–H groups in total. The van der Waals surface area contributed by atoms with E-state index < -0.39 is 6.10 Å². The number of hydrogen-bond donors (Lipinski definition) is 2. The van der Waals surface area contributed by atoms with Gasteiger partial charge in [0.25, 0.3) is 0 Å². The number of methoxy groups -OCH3 is 1. The Morgan fingerprint density at radius 1 is 1.42 bits per heavy atom. The molecular formula is C14H25NO4. The number of amides is 1. The van der Waals surface area contributed by atoms with Crippen LogP contribution in [0.5, 0.6) is 0 Å². The van der Waals surface area contributed by atoms with Crippen LogP contribution in [0, 0.1) is 11.8 Å². The minimum atomic E-state index is -0.544. The predicted octanol–water partition coefficient (Wildman–Crippen LogP) is 1.24. The number of esters is 1. The summed E-state index contributed by atoms with van der Waals surface area (Å²) in [6.07, 6.45) is 3.35. The van der Waals surface area contributed by atoms with E-state index in [2.05, 4.69) is 12.2 Å². The monoisotopic (exact) mass is 271 g/mol. The molecule has 1 amide bonds. The van der Waals surface area contributed by atoms with Gasteiger partial charge in [0.05, 0.1) is 19.1 Å². The summed E-state index contributed by atoms with van der Waals surface area (Å²) in [5, 5.41) is 13.0. The van der Waals surface area contributed by atoms with Gasteiger partial charge in [-0.2, -0.15) is 0 Å². The van der Waals surface area contributed by atoms with Gasteiger partial charge in [0.15, 0.2) is 0 Å². The molecule has 5 heteroatoms. The predicted molar refractivity (Wildman–Crippen MR) is 71.4 cm³/mol. The Balaban J connectivity index is 2.67. The van der Waals surface area contributed by atoms with Crippen LogP contribution < -0.4 is 5.32 Å². The summed E-state index contributed by atoms with van der Waals surface area (Å²) in [6.45, 7) is 3.57. The third-order valence-electron chi connectivity index (χ3n) is 3.89. The van der Waals surface area contributed by atoms with Gasteiger partial charge in [-0.05, 0) is 19.3 Å². The lowest BCUT2D eigenvalue weighted by molar-refractivity contribution is -0.145. The van der Waals surface area contributed by atoms with Crippen molar-refractivity contribution >= 4 is 11.9 Å². The molecule has 1 rings (SSSR count). The first-order chi connectivity index (χ1) is 8.99. The molecule has 110 valence electrons. The molecule has 1 unspecified atom stereocenters. The summed E-state index contributed by atoms with van der Waals surface area (Å²) in [5.74, 6) is -0.657. The largest absolute Gasteiger partial charge is 0.469 e. The molecule has 1 aliphatic rings. The summed E-state index contributed by atoms with van der Waals surface area (Å²) in [7, 11) is 1.37. The molecule has 0 heterocycles. The highest BCUT2D eigenvalue weighted by atomic mass is 16.5. The fraction of sp³-hybridized carbons (Fsp3) is 0.857. The molecule has 0 spiro atoms. The van der Waals surface area contributed by atoms with E-state index in [0.29, 0.717) is 12.8 Å². The summed E-state index contributed by atoms with van der Waals surface area (Å²) in [6, 6.07) is -0.0536. The van der Waals surface area contributed by atoms with Gasteiger partial charge >= 0.3 is 5.97 Å². The summed E-state index contributed by atoms with van der Waals surface area (Å²) in [4.78, 5) is 22.8. The third kappa shape index (κ3) is 4.49. The normalized spacial score (nSPS) is 27.9. The highest BCUT2D eigenvalue weighted by Crippen LogP contribution is 2.35. The van der Waals surface area contributed by atoms with Crippen LogP contribution in [-0.2, 0) is 14.3 Å². The smallest absolute Gasteiger partial charge is 0.308 e. The number of nitrogens with one attached hydrogen (secondary N) is 1. The lowest BCUT2D eigenvalue weighted by atomic mass is 9.91. The van der Waals surface area contributed by atoms with Crippen LogP contribution >= 0.6 is 0 Å². The molecule has 0 saturated heterocycles. The Bertz CT molecular complexity index is 319. The zero-order valence-corrected chi connectivity index (χ0v) is 12.0. The maximum atomic E-state index is 11.5. The Morgan fingerprint density at radius 3 is 2.63 bits per heavy atom. The molecule has 0 aromatic heterocycles. The van der Waals surface area contributed by atoms with Crippen LogP contribution in [-0.4, -0.2) is 36.2 Å².